The van der Waals surface area contributed by atoms with Gasteiger partial charge in [-0.3, -0.25) is 0 Å². The average Bonchev–Trinajstić information content (AvgIpc) is 1.12. The second-order valence-electron chi connectivity index (χ2n) is 40.3. The maximum atomic E-state index is 9.80. The van der Waals surface area contributed by atoms with Gasteiger partial charge in [0.15, 0.2) is 17.5 Å². The van der Waals surface area contributed by atoms with Gasteiger partial charge >= 0.3 is 0 Å². The monoisotopic (exact) mass is 1630 g/mol. The number of anilines is 6. The van der Waals surface area contributed by atoms with Crippen LogP contribution >= 0.6 is 0 Å². The van der Waals surface area contributed by atoms with E-state index in [1.54, 1.807) is 0 Å². The second kappa shape index (κ2) is 29.7. The fourth-order valence-electron chi connectivity index (χ4n) is 18.7. The molecule has 0 bridgehead atoms. The van der Waals surface area contributed by atoms with Crippen LogP contribution in [0.25, 0.3) is 134 Å². The van der Waals surface area contributed by atoms with Gasteiger partial charge in [0, 0.05) is 77.8 Å². The Kier molecular flexibility index (Phi) is 16.4. The van der Waals surface area contributed by atoms with Crippen molar-refractivity contribution in [1.82, 2.24) is 24.1 Å². The summed E-state index contributed by atoms with van der Waals surface area (Å²) in [6.45, 7) is 39.9. The first-order valence-corrected chi connectivity index (χ1v) is 43.7. The highest BCUT2D eigenvalue weighted by Gasteiger charge is 2.47. The fraction of sp³-hybridized carbons (Fsp3) is 0.205. The van der Waals surface area contributed by atoms with E-state index in [-0.39, 0.29) is 55.7 Å². The van der Waals surface area contributed by atoms with Crippen molar-refractivity contribution in [2.45, 2.75) is 157 Å². The van der Waals surface area contributed by atoms with Crippen molar-refractivity contribution in [3.05, 3.63) is 361 Å². The minimum Gasteiger partial charge on any atom is -0.311 e. The summed E-state index contributed by atoms with van der Waals surface area (Å²) < 4.78 is 99.1. The first kappa shape index (κ1) is 69.0. The summed E-state index contributed by atoms with van der Waals surface area (Å²) in [4.78, 5) is 21.0. The van der Waals surface area contributed by atoms with Crippen LogP contribution in [0, 0.1) is 0 Å². The molecule has 0 amide bonds. The SMILES string of the molecule is [2H]c1c([2H])c([2H])c(-c2nc(-c3cc(C(C)(C)C)cc(-c4ccccc4)c3N3c4cc(-n5c6ccc(C(C)(C)C)cc6c6cc(C(C)(C)C)ccc65)ccc4B4c5cc(-c6cccc(C(C)(C)C)c6)ccc5N(c5ccc(-c6ccccc6)cc5-c5ccccc5)c5cc(-n6c7ccc(C(C)(C)C)cc7c7cc(C(C)(C)C)ccc76)cc3c54)nc(-c3c([2H])c([2H])c([2H])c([2H])c3[2H])n2)c([2H])c1[2H]. The van der Waals surface area contributed by atoms with E-state index in [1.807, 2.05) is 18.2 Å². The summed E-state index contributed by atoms with van der Waals surface area (Å²) in [5, 5.41) is 4.40. The quantitative estimate of drug-likeness (QED) is 0.121. The van der Waals surface area contributed by atoms with Crippen LogP contribution < -0.4 is 26.2 Å². The lowest BCUT2D eigenvalue weighted by Crippen LogP contribution is -2.61. The Bertz CT molecular complexity index is 7710. The molecule has 0 saturated heterocycles. The van der Waals surface area contributed by atoms with Gasteiger partial charge in [0.1, 0.15) is 0 Å². The molecular weight excluding hydrogens is 1510 g/mol. The second-order valence-corrected chi connectivity index (χ2v) is 40.3. The zero-order valence-corrected chi connectivity index (χ0v) is 74.6. The number of benzene rings is 15. The van der Waals surface area contributed by atoms with Gasteiger partial charge in [-0.2, -0.15) is 0 Å². The zero-order valence-electron chi connectivity index (χ0n) is 84.6. The van der Waals surface area contributed by atoms with E-state index < -0.39 is 72.6 Å². The fourth-order valence-corrected chi connectivity index (χ4v) is 18.7. The molecule has 8 heteroatoms. The van der Waals surface area contributed by atoms with Crippen LogP contribution in [0.3, 0.4) is 0 Å². The Hall–Kier alpha value is -13.4. The summed E-state index contributed by atoms with van der Waals surface area (Å²) in [5.41, 5.74) is 25.8. The number of hydrogen-bond acceptors (Lipinski definition) is 5. The molecule has 2 aliphatic rings. The van der Waals surface area contributed by atoms with Crippen LogP contribution in [0.1, 0.15) is 172 Å². The highest BCUT2D eigenvalue weighted by molar-refractivity contribution is 7.00. The molecular formula is C117H108BN7. The summed E-state index contributed by atoms with van der Waals surface area (Å²) in [6.07, 6.45) is 0. The Morgan fingerprint density at radius 1 is 0.248 bits per heavy atom. The third-order valence-corrected chi connectivity index (χ3v) is 25.6. The normalized spacial score (nSPS) is 14.3. The van der Waals surface area contributed by atoms with Crippen molar-refractivity contribution < 1.29 is 13.7 Å². The van der Waals surface area contributed by atoms with E-state index in [0.717, 1.165) is 150 Å². The number of aromatic nitrogens is 5. The van der Waals surface area contributed by atoms with Gasteiger partial charge in [-0.25, -0.2) is 15.0 Å². The maximum Gasteiger partial charge on any atom is 0.252 e. The zero-order chi connectivity index (χ0) is 95.4. The van der Waals surface area contributed by atoms with E-state index in [9.17, 15) is 11.0 Å². The summed E-state index contributed by atoms with van der Waals surface area (Å²) in [5.74, 6) is -0.860. The molecule has 0 atom stereocenters. The smallest absolute Gasteiger partial charge is 0.252 e. The minimum atomic E-state index is -0.667. The number of fused-ring (bicyclic) bond motifs is 10. The van der Waals surface area contributed by atoms with Crippen molar-refractivity contribution in [1.29, 1.82) is 0 Å². The lowest BCUT2D eigenvalue weighted by atomic mass is 9.33. The number of hydrogen-bond donors (Lipinski definition) is 0. The van der Waals surface area contributed by atoms with E-state index in [0.29, 0.717) is 11.3 Å². The molecule has 0 spiro atoms. The van der Waals surface area contributed by atoms with Gasteiger partial charge in [-0.05, 0) is 219 Å². The van der Waals surface area contributed by atoms with Gasteiger partial charge in [0.25, 0.3) is 6.71 Å². The Morgan fingerprint density at radius 3 is 1.12 bits per heavy atom. The van der Waals surface area contributed by atoms with E-state index >= 15 is 0 Å². The van der Waals surface area contributed by atoms with E-state index in [4.69, 9.17) is 17.7 Å². The van der Waals surface area contributed by atoms with Gasteiger partial charge in [0.2, 0.25) is 0 Å². The van der Waals surface area contributed by atoms with Crippen LogP contribution in [0.15, 0.2) is 327 Å². The largest absolute Gasteiger partial charge is 0.311 e. The van der Waals surface area contributed by atoms with Crippen LogP contribution in [-0.2, 0) is 32.5 Å². The molecule has 125 heavy (non-hydrogen) atoms. The number of rotatable bonds is 11. The molecule has 7 nitrogen and oxygen atoms in total. The van der Waals surface area contributed by atoms with Gasteiger partial charge < -0.3 is 18.9 Å². The molecule has 18 aromatic rings. The third-order valence-electron chi connectivity index (χ3n) is 25.6. The molecule has 2 aliphatic heterocycles. The topological polar surface area (TPSA) is 55.0 Å². The van der Waals surface area contributed by atoms with E-state index in [2.05, 4.69) is 392 Å². The number of nitrogens with zero attached hydrogens (tertiary/aromatic N) is 7. The molecule has 3 aromatic heterocycles. The van der Waals surface area contributed by atoms with Crippen LogP contribution in [0.2, 0.25) is 0 Å². The predicted molar refractivity (Wildman–Crippen MR) is 533 cm³/mol. The molecule has 5 heterocycles. The van der Waals surface area contributed by atoms with Crippen LogP contribution in [0.5, 0.6) is 0 Å². The van der Waals surface area contributed by atoms with Crippen molar-refractivity contribution in [2.75, 3.05) is 9.80 Å². The van der Waals surface area contributed by atoms with Gasteiger partial charge in [-0.1, -0.05) is 349 Å². The van der Waals surface area contributed by atoms with Gasteiger partial charge in [-0.15, -0.1) is 0 Å². The molecule has 0 N–H and O–H groups in total. The van der Waals surface area contributed by atoms with Crippen LogP contribution in [0.4, 0.5) is 34.1 Å². The van der Waals surface area contributed by atoms with Crippen molar-refractivity contribution in [3.8, 4) is 90.0 Å². The summed E-state index contributed by atoms with van der Waals surface area (Å²) in [7, 11) is 0. The summed E-state index contributed by atoms with van der Waals surface area (Å²) in [6, 6.07) is 92.2. The minimum absolute atomic E-state index is 0.0877. The third kappa shape index (κ3) is 14.1. The molecule has 0 aliphatic carbocycles. The molecule has 15 aromatic carbocycles. The molecule has 0 unspecified atom stereocenters. The first-order valence-electron chi connectivity index (χ1n) is 48.7. The van der Waals surface area contributed by atoms with Gasteiger partial charge in [0.05, 0.1) is 52.8 Å². The van der Waals surface area contributed by atoms with E-state index in [1.165, 1.54) is 27.8 Å². The van der Waals surface area contributed by atoms with Crippen LogP contribution in [-0.4, -0.2) is 30.8 Å². The average molecular weight is 1630 g/mol. The molecule has 614 valence electrons. The van der Waals surface area contributed by atoms with Crippen molar-refractivity contribution >= 4 is 101 Å². The lowest BCUT2D eigenvalue weighted by molar-refractivity contribution is 0.590. The summed E-state index contributed by atoms with van der Waals surface area (Å²) >= 11 is 0. The molecule has 0 radical (unpaired) electrons. The highest BCUT2D eigenvalue weighted by Crippen LogP contribution is 2.55. The Morgan fingerprint density at radius 2 is 0.640 bits per heavy atom. The standard InChI is InChI=1S/C117H108BN7/c1-112(2,3)81-46-34-45-78(61-81)80-48-56-103-97(63-80)118-96-54-53-87(122-99-57-49-82(113(4,5)6)64-91(99)92-65-83(114(7,8)9)50-58-100(92)122)70-104(96)125(108-90(75-39-28-21-29-40-75)68-86(117(16,17)18)69-95(108)111-120-109(76-41-30-22-31-42-76)119-110(121-111)77-43-32-23-33-44-77)106-72-88(123-101-59-51-84(115(10,11)12)66-93(101)94-67-85(116(13,14)15)52-60-102(94)123)71-105(107(106)118)124(103)98-55-47-79(73-35-24-19-25-36-73)62-89(98)74-37-26-20-27-38-74/h19-72H,1-18H3/i22D,23D,30D,31D,32D,33D,41D,42D,43D,44D. The Balaban J connectivity index is 1.03. The first-order chi connectivity index (χ1) is 63.9. The van der Waals surface area contributed by atoms with Crippen molar-refractivity contribution in [3.63, 3.8) is 0 Å². The molecule has 0 saturated carbocycles. The lowest BCUT2D eigenvalue weighted by Gasteiger charge is -2.46. The molecule has 20 rings (SSSR count). The Labute approximate surface area is 752 Å². The predicted octanol–water partition coefficient (Wildman–Crippen LogP) is 29.6. The van der Waals surface area contributed by atoms with Crippen molar-refractivity contribution in [2.24, 2.45) is 0 Å². The maximum absolute atomic E-state index is 9.80. The molecule has 0 fully saturated rings. The highest BCUT2D eigenvalue weighted by atomic mass is 15.2.